The summed E-state index contributed by atoms with van der Waals surface area (Å²) in [7, 11) is 1.53. The smallest absolute Gasteiger partial charge is 0.356 e. The highest BCUT2D eigenvalue weighted by molar-refractivity contribution is 14.0. The van der Waals surface area contributed by atoms with Gasteiger partial charge in [-0.1, -0.05) is 12.1 Å². The third-order valence-corrected chi connectivity index (χ3v) is 3.32. The van der Waals surface area contributed by atoms with Crippen molar-refractivity contribution in [3.05, 3.63) is 30.6 Å². The maximum atomic E-state index is 12.1. The normalized spacial score (nSPS) is 12.1. The number of halogens is 4. The number of rotatable bonds is 6. The van der Waals surface area contributed by atoms with Gasteiger partial charge in [0, 0.05) is 26.7 Å². The number of aryl methyl sites for hydroxylation is 1. The molecule has 0 spiro atoms. The van der Waals surface area contributed by atoms with Crippen LogP contribution in [0.2, 0.25) is 0 Å². The first-order valence-corrected chi connectivity index (χ1v) is 7.41. The lowest BCUT2D eigenvalue weighted by atomic mass is 10.3. The Hall–Kier alpha value is -1.52. The number of aliphatic imine (C=N–C) groups is 1. The van der Waals surface area contributed by atoms with Crippen molar-refractivity contribution in [2.75, 3.05) is 20.1 Å². The van der Waals surface area contributed by atoms with E-state index in [0.29, 0.717) is 12.5 Å². The van der Waals surface area contributed by atoms with Gasteiger partial charge in [0.15, 0.2) is 5.96 Å². The van der Waals surface area contributed by atoms with Gasteiger partial charge in [0.2, 0.25) is 0 Å². The van der Waals surface area contributed by atoms with Crippen LogP contribution in [0.3, 0.4) is 0 Å². The molecule has 0 radical (unpaired) electrons. The molecular formula is C15H21F3IN5. The monoisotopic (exact) mass is 455 g/mol. The highest BCUT2D eigenvalue weighted by Gasteiger charge is 2.26. The molecule has 5 nitrogen and oxygen atoms in total. The Morgan fingerprint density at radius 1 is 1.21 bits per heavy atom. The Kier molecular flexibility index (Phi) is 8.29. The van der Waals surface area contributed by atoms with E-state index in [-0.39, 0.29) is 30.5 Å². The molecule has 2 N–H and O–H groups in total. The summed E-state index contributed by atoms with van der Waals surface area (Å²) < 4.78 is 38.3. The van der Waals surface area contributed by atoms with Crippen molar-refractivity contribution in [2.24, 2.45) is 4.99 Å². The molecule has 1 heterocycles. The molecule has 0 aliphatic rings. The minimum Gasteiger partial charge on any atom is -0.356 e. The SMILES string of the molecule is CN=C(NCCCn1cnc2ccccc21)NCCC(F)(F)F.I. The molecule has 0 amide bonds. The van der Waals surface area contributed by atoms with Crippen LogP contribution in [0.15, 0.2) is 35.6 Å². The number of fused-ring (bicyclic) bond motifs is 1. The van der Waals surface area contributed by atoms with Gasteiger partial charge in [-0.05, 0) is 18.6 Å². The summed E-state index contributed by atoms with van der Waals surface area (Å²) in [6, 6.07) is 7.87. The lowest BCUT2D eigenvalue weighted by molar-refractivity contribution is -0.132. The van der Waals surface area contributed by atoms with Crippen molar-refractivity contribution in [2.45, 2.75) is 25.6 Å². The number of benzene rings is 1. The summed E-state index contributed by atoms with van der Waals surface area (Å²) in [4.78, 5) is 8.21. The molecule has 2 aromatic rings. The first-order chi connectivity index (χ1) is 11.0. The average molecular weight is 455 g/mol. The Balaban J connectivity index is 0.00000288. The number of alkyl halides is 3. The van der Waals surface area contributed by atoms with Crippen LogP contribution in [0.5, 0.6) is 0 Å². The van der Waals surface area contributed by atoms with Gasteiger partial charge < -0.3 is 15.2 Å². The van der Waals surface area contributed by atoms with E-state index < -0.39 is 12.6 Å². The number of hydrogen-bond acceptors (Lipinski definition) is 2. The number of nitrogens with zero attached hydrogens (tertiary/aromatic N) is 3. The van der Waals surface area contributed by atoms with E-state index in [9.17, 15) is 13.2 Å². The standard InChI is InChI=1S/C15H20F3N5.HI/c1-19-14(21-9-7-15(16,17)18)20-8-4-10-23-11-22-12-5-2-3-6-13(12)23;/h2-3,5-6,11H,4,7-10H2,1H3,(H2,19,20,21);1H. The molecule has 0 saturated carbocycles. The zero-order valence-corrected chi connectivity index (χ0v) is 15.6. The molecule has 0 bridgehead atoms. The lowest BCUT2D eigenvalue weighted by Gasteiger charge is -2.13. The lowest BCUT2D eigenvalue weighted by Crippen LogP contribution is -2.39. The molecular weight excluding hydrogens is 434 g/mol. The molecule has 0 aliphatic carbocycles. The van der Waals surface area contributed by atoms with E-state index in [1.807, 2.05) is 24.3 Å². The summed E-state index contributed by atoms with van der Waals surface area (Å²) >= 11 is 0. The number of hydrogen-bond donors (Lipinski definition) is 2. The van der Waals surface area contributed by atoms with Gasteiger partial charge in [0.25, 0.3) is 0 Å². The van der Waals surface area contributed by atoms with E-state index in [1.165, 1.54) is 7.05 Å². The summed E-state index contributed by atoms with van der Waals surface area (Å²) in [6.07, 6.45) is -2.44. The van der Waals surface area contributed by atoms with Gasteiger partial charge in [-0.15, -0.1) is 24.0 Å². The summed E-state index contributed by atoms with van der Waals surface area (Å²) in [5.41, 5.74) is 2.02. The Labute approximate surface area is 155 Å². The van der Waals surface area contributed by atoms with Gasteiger partial charge in [-0.3, -0.25) is 4.99 Å². The van der Waals surface area contributed by atoms with Gasteiger partial charge >= 0.3 is 6.18 Å². The molecule has 0 saturated heterocycles. The van der Waals surface area contributed by atoms with Crippen LogP contribution in [0.1, 0.15) is 12.8 Å². The predicted octanol–water partition coefficient (Wildman–Crippen LogP) is 3.16. The number of nitrogens with one attached hydrogen (secondary N) is 2. The minimum absolute atomic E-state index is 0. The second-order valence-electron chi connectivity index (χ2n) is 5.07. The second-order valence-corrected chi connectivity index (χ2v) is 5.07. The van der Waals surface area contributed by atoms with Gasteiger partial charge in [0.05, 0.1) is 23.8 Å². The van der Waals surface area contributed by atoms with Crippen molar-refractivity contribution in [3.63, 3.8) is 0 Å². The quantitative estimate of drug-likeness (QED) is 0.305. The van der Waals surface area contributed by atoms with Crippen molar-refractivity contribution >= 4 is 41.0 Å². The third-order valence-electron chi connectivity index (χ3n) is 3.32. The molecule has 1 aromatic carbocycles. The largest absolute Gasteiger partial charge is 0.390 e. The molecule has 1 aromatic heterocycles. The zero-order chi connectivity index (χ0) is 16.7. The molecule has 0 atom stereocenters. The second kappa shape index (κ2) is 9.70. The molecule has 134 valence electrons. The van der Waals surface area contributed by atoms with Crippen LogP contribution < -0.4 is 10.6 Å². The third kappa shape index (κ3) is 6.54. The van der Waals surface area contributed by atoms with Gasteiger partial charge in [0.1, 0.15) is 0 Å². The maximum Gasteiger partial charge on any atom is 0.390 e. The Morgan fingerprint density at radius 3 is 2.62 bits per heavy atom. The van der Waals surface area contributed by atoms with E-state index in [0.717, 1.165) is 24.0 Å². The van der Waals surface area contributed by atoms with Crippen LogP contribution in [0.4, 0.5) is 13.2 Å². The predicted molar refractivity (Wildman–Crippen MR) is 99.8 cm³/mol. The van der Waals surface area contributed by atoms with Crippen molar-refractivity contribution in [1.29, 1.82) is 0 Å². The first kappa shape index (κ1) is 20.5. The molecule has 0 unspecified atom stereocenters. The number of guanidine groups is 1. The first-order valence-electron chi connectivity index (χ1n) is 7.41. The fourth-order valence-corrected chi connectivity index (χ4v) is 2.19. The summed E-state index contributed by atoms with van der Waals surface area (Å²) in [5.74, 6) is 0.379. The summed E-state index contributed by atoms with van der Waals surface area (Å²) in [5, 5.41) is 5.65. The van der Waals surface area contributed by atoms with E-state index in [2.05, 4.69) is 25.2 Å². The Morgan fingerprint density at radius 2 is 1.92 bits per heavy atom. The van der Waals surface area contributed by atoms with Crippen LogP contribution in [-0.4, -0.2) is 41.8 Å². The van der Waals surface area contributed by atoms with Crippen molar-refractivity contribution in [3.8, 4) is 0 Å². The van der Waals surface area contributed by atoms with Crippen LogP contribution >= 0.6 is 24.0 Å². The molecule has 0 aliphatic heterocycles. The Bertz CT molecular complexity index is 654. The zero-order valence-electron chi connectivity index (χ0n) is 13.3. The van der Waals surface area contributed by atoms with Crippen molar-refractivity contribution < 1.29 is 13.2 Å². The van der Waals surface area contributed by atoms with Gasteiger partial charge in [-0.25, -0.2) is 4.98 Å². The highest BCUT2D eigenvalue weighted by Crippen LogP contribution is 2.18. The average Bonchev–Trinajstić information content (AvgIpc) is 2.92. The molecule has 24 heavy (non-hydrogen) atoms. The van der Waals surface area contributed by atoms with E-state index in [1.54, 1.807) is 6.33 Å². The highest BCUT2D eigenvalue weighted by atomic mass is 127. The number of aromatic nitrogens is 2. The minimum atomic E-state index is -4.16. The number of imidazole rings is 1. The van der Waals surface area contributed by atoms with Crippen LogP contribution in [0, 0.1) is 0 Å². The van der Waals surface area contributed by atoms with Crippen LogP contribution in [0.25, 0.3) is 11.0 Å². The number of para-hydroxylation sites is 2. The molecule has 9 heteroatoms. The van der Waals surface area contributed by atoms with E-state index in [4.69, 9.17) is 0 Å². The van der Waals surface area contributed by atoms with Crippen LogP contribution in [-0.2, 0) is 6.54 Å². The maximum absolute atomic E-state index is 12.1. The topological polar surface area (TPSA) is 54.2 Å². The summed E-state index contributed by atoms with van der Waals surface area (Å²) in [6.45, 7) is 1.20. The van der Waals surface area contributed by atoms with E-state index >= 15 is 0 Å². The molecule has 0 fully saturated rings. The molecule has 2 rings (SSSR count). The fourth-order valence-electron chi connectivity index (χ4n) is 2.19. The van der Waals surface area contributed by atoms with Crippen molar-refractivity contribution in [1.82, 2.24) is 20.2 Å². The fraction of sp³-hybridized carbons (Fsp3) is 0.467. The van der Waals surface area contributed by atoms with Gasteiger partial charge in [-0.2, -0.15) is 13.2 Å².